The maximum atomic E-state index is 12.8. The highest BCUT2D eigenvalue weighted by molar-refractivity contribution is 5.56. The number of nitrogens with zero attached hydrogens (tertiary/aromatic N) is 5. The minimum atomic E-state index is -4.35. The first-order valence-electron chi connectivity index (χ1n) is 9.63. The second-order valence-corrected chi connectivity index (χ2v) is 7.40. The van der Waals surface area contributed by atoms with E-state index in [2.05, 4.69) is 19.9 Å². The van der Waals surface area contributed by atoms with Gasteiger partial charge >= 0.3 is 6.18 Å². The number of hydrogen-bond acceptors (Lipinski definition) is 4. The molecule has 0 atom stereocenters. The van der Waals surface area contributed by atoms with E-state index in [4.69, 9.17) is 0 Å². The summed E-state index contributed by atoms with van der Waals surface area (Å²) in [4.78, 5) is 16.0. The lowest BCUT2D eigenvalue weighted by molar-refractivity contribution is -0.137. The van der Waals surface area contributed by atoms with Gasteiger partial charge in [-0.15, -0.1) is 0 Å². The standard InChI is InChI=1S/C22H18F3N5/c23-22(24,25)17-6-4-15(5-7-17)21-26-11-16-12-29(10-8-19(16)28-21)13-18-14-30-9-2-1-3-20(30)27-18/h1-7,9,11,14H,8,10,12-13H2. The first-order chi connectivity index (χ1) is 14.5. The molecule has 0 N–H and O–H groups in total. The van der Waals surface area contributed by atoms with Gasteiger partial charge in [0.2, 0.25) is 0 Å². The third kappa shape index (κ3) is 3.66. The lowest BCUT2D eigenvalue weighted by Crippen LogP contribution is -2.31. The molecule has 0 amide bonds. The van der Waals surface area contributed by atoms with Crippen molar-refractivity contribution in [3.63, 3.8) is 0 Å². The molecule has 0 spiro atoms. The molecular weight excluding hydrogens is 391 g/mol. The molecule has 0 bridgehead atoms. The molecule has 3 aromatic heterocycles. The van der Waals surface area contributed by atoms with Crippen molar-refractivity contribution in [2.75, 3.05) is 6.54 Å². The summed E-state index contributed by atoms with van der Waals surface area (Å²) in [5.41, 5.74) is 3.83. The van der Waals surface area contributed by atoms with E-state index in [0.717, 1.165) is 60.8 Å². The van der Waals surface area contributed by atoms with Crippen molar-refractivity contribution in [3.05, 3.63) is 83.6 Å². The Labute approximate surface area is 170 Å². The predicted octanol–water partition coefficient (Wildman–Crippen LogP) is 4.37. The zero-order valence-electron chi connectivity index (χ0n) is 16.0. The van der Waals surface area contributed by atoms with E-state index >= 15 is 0 Å². The van der Waals surface area contributed by atoms with Gasteiger partial charge in [0, 0.05) is 55.8 Å². The lowest BCUT2D eigenvalue weighted by atomic mass is 10.1. The number of alkyl halides is 3. The lowest BCUT2D eigenvalue weighted by Gasteiger charge is -2.27. The van der Waals surface area contributed by atoms with Gasteiger partial charge in [0.05, 0.1) is 17.0 Å². The van der Waals surface area contributed by atoms with Gasteiger partial charge in [0.25, 0.3) is 0 Å². The maximum Gasteiger partial charge on any atom is 0.416 e. The largest absolute Gasteiger partial charge is 0.416 e. The van der Waals surface area contributed by atoms with E-state index in [1.165, 1.54) is 12.1 Å². The van der Waals surface area contributed by atoms with Crippen molar-refractivity contribution in [2.24, 2.45) is 0 Å². The number of imidazole rings is 1. The van der Waals surface area contributed by atoms with Crippen LogP contribution in [0.5, 0.6) is 0 Å². The zero-order chi connectivity index (χ0) is 20.7. The average Bonchev–Trinajstić information content (AvgIpc) is 3.15. The Morgan fingerprint density at radius 2 is 1.83 bits per heavy atom. The second-order valence-electron chi connectivity index (χ2n) is 7.40. The molecule has 0 aliphatic carbocycles. The van der Waals surface area contributed by atoms with E-state index in [1.807, 2.05) is 35.0 Å². The molecule has 5 nitrogen and oxygen atoms in total. The number of pyridine rings is 1. The highest BCUT2D eigenvalue weighted by Gasteiger charge is 2.30. The van der Waals surface area contributed by atoms with E-state index in [1.54, 1.807) is 6.20 Å². The van der Waals surface area contributed by atoms with Crippen LogP contribution in [0.15, 0.2) is 61.1 Å². The van der Waals surface area contributed by atoms with Crippen LogP contribution in [0.25, 0.3) is 17.0 Å². The third-order valence-electron chi connectivity index (χ3n) is 5.28. The minimum absolute atomic E-state index is 0.455. The molecule has 4 heterocycles. The molecule has 0 unspecified atom stereocenters. The molecule has 4 aromatic rings. The number of hydrogen-bond donors (Lipinski definition) is 0. The Morgan fingerprint density at radius 1 is 1.00 bits per heavy atom. The van der Waals surface area contributed by atoms with Crippen molar-refractivity contribution in [2.45, 2.75) is 25.7 Å². The van der Waals surface area contributed by atoms with Crippen molar-refractivity contribution in [3.8, 4) is 11.4 Å². The number of halogens is 3. The molecule has 1 aliphatic heterocycles. The predicted molar refractivity (Wildman–Crippen MR) is 105 cm³/mol. The third-order valence-corrected chi connectivity index (χ3v) is 5.28. The van der Waals surface area contributed by atoms with E-state index in [9.17, 15) is 13.2 Å². The molecule has 1 aliphatic rings. The van der Waals surface area contributed by atoms with Crippen LogP contribution in [0.1, 0.15) is 22.5 Å². The summed E-state index contributed by atoms with van der Waals surface area (Å²) in [5.74, 6) is 0.455. The minimum Gasteiger partial charge on any atom is -0.307 e. The fourth-order valence-electron chi connectivity index (χ4n) is 3.75. The fraction of sp³-hybridized carbons (Fsp3) is 0.227. The van der Waals surface area contributed by atoms with Crippen LogP contribution in [0.4, 0.5) is 13.2 Å². The normalized spacial score (nSPS) is 14.8. The summed E-state index contributed by atoms with van der Waals surface area (Å²) in [6, 6.07) is 10.9. The molecule has 1 aromatic carbocycles. The van der Waals surface area contributed by atoms with E-state index in [0.29, 0.717) is 11.4 Å². The Kier molecular flexibility index (Phi) is 4.51. The van der Waals surface area contributed by atoms with Crippen LogP contribution in [0.3, 0.4) is 0 Å². The SMILES string of the molecule is FC(F)(F)c1ccc(-c2ncc3c(n2)CCN(Cc2cn4ccccc4n2)C3)cc1. The van der Waals surface area contributed by atoms with Gasteiger partial charge in [-0.3, -0.25) is 4.90 Å². The van der Waals surface area contributed by atoms with E-state index < -0.39 is 11.7 Å². The van der Waals surface area contributed by atoms with Gasteiger partial charge in [0.15, 0.2) is 5.82 Å². The van der Waals surface area contributed by atoms with Crippen LogP contribution in [-0.2, 0) is 25.7 Å². The summed E-state index contributed by atoms with van der Waals surface area (Å²) in [6.45, 7) is 2.29. The van der Waals surface area contributed by atoms with Gasteiger partial charge in [-0.25, -0.2) is 15.0 Å². The Balaban J connectivity index is 1.32. The fourth-order valence-corrected chi connectivity index (χ4v) is 3.75. The summed E-state index contributed by atoms with van der Waals surface area (Å²) in [7, 11) is 0. The Morgan fingerprint density at radius 3 is 2.60 bits per heavy atom. The molecule has 0 saturated carbocycles. The molecule has 5 rings (SSSR count). The zero-order valence-corrected chi connectivity index (χ0v) is 16.0. The van der Waals surface area contributed by atoms with Gasteiger partial charge in [-0.05, 0) is 24.3 Å². The number of benzene rings is 1. The van der Waals surface area contributed by atoms with Crippen molar-refractivity contribution in [1.82, 2.24) is 24.3 Å². The Hall–Kier alpha value is -3.26. The van der Waals surface area contributed by atoms with Crippen LogP contribution in [0, 0.1) is 0 Å². The highest BCUT2D eigenvalue weighted by Crippen LogP contribution is 2.30. The monoisotopic (exact) mass is 409 g/mol. The Bertz CT molecular complexity index is 1160. The summed E-state index contributed by atoms with van der Waals surface area (Å²) < 4.78 is 40.3. The molecule has 0 radical (unpaired) electrons. The highest BCUT2D eigenvalue weighted by atomic mass is 19.4. The topological polar surface area (TPSA) is 46.3 Å². The smallest absolute Gasteiger partial charge is 0.307 e. The van der Waals surface area contributed by atoms with Gasteiger partial charge < -0.3 is 4.40 Å². The number of fused-ring (bicyclic) bond motifs is 2. The molecular formula is C22H18F3N5. The average molecular weight is 409 g/mol. The van der Waals surface area contributed by atoms with Crippen LogP contribution < -0.4 is 0 Å². The molecule has 8 heteroatoms. The summed E-state index contributed by atoms with van der Waals surface area (Å²) >= 11 is 0. The summed E-state index contributed by atoms with van der Waals surface area (Å²) in [5, 5.41) is 0. The molecule has 30 heavy (non-hydrogen) atoms. The summed E-state index contributed by atoms with van der Waals surface area (Å²) in [6.07, 6.45) is 2.21. The van der Waals surface area contributed by atoms with Crippen molar-refractivity contribution >= 4 is 5.65 Å². The van der Waals surface area contributed by atoms with Gasteiger partial charge in [-0.1, -0.05) is 18.2 Å². The van der Waals surface area contributed by atoms with E-state index in [-0.39, 0.29) is 0 Å². The first-order valence-corrected chi connectivity index (χ1v) is 9.63. The quantitative estimate of drug-likeness (QED) is 0.504. The molecule has 0 fully saturated rings. The number of rotatable bonds is 3. The van der Waals surface area contributed by atoms with Crippen molar-refractivity contribution < 1.29 is 13.2 Å². The van der Waals surface area contributed by atoms with Crippen LogP contribution in [-0.4, -0.2) is 30.8 Å². The van der Waals surface area contributed by atoms with Crippen LogP contribution in [0.2, 0.25) is 0 Å². The first kappa shape index (κ1) is 18.7. The number of aromatic nitrogens is 4. The van der Waals surface area contributed by atoms with Gasteiger partial charge in [0.1, 0.15) is 5.65 Å². The van der Waals surface area contributed by atoms with Crippen molar-refractivity contribution in [1.29, 1.82) is 0 Å². The van der Waals surface area contributed by atoms with Crippen LogP contribution >= 0.6 is 0 Å². The van der Waals surface area contributed by atoms with Gasteiger partial charge in [-0.2, -0.15) is 13.2 Å². The molecule has 152 valence electrons. The maximum absolute atomic E-state index is 12.8. The molecule has 0 saturated heterocycles. The second kappa shape index (κ2) is 7.21.